The first kappa shape index (κ1) is 16.3. The van der Waals surface area contributed by atoms with Crippen LogP contribution in [0.25, 0.3) is 0 Å². The summed E-state index contributed by atoms with van der Waals surface area (Å²) in [7, 11) is 0. The number of nitrogens with zero attached hydrogens (tertiary/aromatic N) is 1. The van der Waals surface area contributed by atoms with Gasteiger partial charge < -0.3 is 14.7 Å². The molecule has 1 saturated heterocycles. The normalized spacial score (nSPS) is 18.0. The number of likely N-dealkylation sites (tertiary alicyclic amines) is 1. The van der Waals surface area contributed by atoms with Crippen LogP contribution in [0.4, 0.5) is 0 Å². The number of rotatable bonds is 6. The van der Waals surface area contributed by atoms with Crippen molar-refractivity contribution in [2.24, 2.45) is 0 Å². The van der Waals surface area contributed by atoms with Crippen LogP contribution in [0.3, 0.4) is 0 Å². The summed E-state index contributed by atoms with van der Waals surface area (Å²) in [6.07, 6.45) is 3.52. The summed E-state index contributed by atoms with van der Waals surface area (Å²) in [5.41, 5.74) is 0.997. The zero-order valence-electron chi connectivity index (χ0n) is 13.0. The Kier molecular flexibility index (Phi) is 5.81. The second-order valence-corrected chi connectivity index (χ2v) is 5.72. The predicted molar refractivity (Wildman–Crippen MR) is 82.9 cm³/mol. The van der Waals surface area contributed by atoms with E-state index < -0.39 is 5.97 Å². The van der Waals surface area contributed by atoms with Crippen LogP contribution in [0, 0.1) is 6.92 Å². The average molecular weight is 305 g/mol. The zero-order valence-corrected chi connectivity index (χ0v) is 13.0. The fourth-order valence-corrected chi connectivity index (χ4v) is 2.86. The minimum atomic E-state index is -0.811. The van der Waals surface area contributed by atoms with Gasteiger partial charge >= 0.3 is 5.97 Å². The Morgan fingerprint density at radius 3 is 2.82 bits per heavy atom. The Morgan fingerprint density at radius 2 is 2.09 bits per heavy atom. The van der Waals surface area contributed by atoms with Gasteiger partial charge in [0.15, 0.2) is 6.61 Å². The van der Waals surface area contributed by atoms with Crippen molar-refractivity contribution in [2.45, 2.75) is 45.1 Å². The molecule has 1 aliphatic heterocycles. The largest absolute Gasteiger partial charge is 0.484 e. The molecule has 1 aromatic carbocycles. The van der Waals surface area contributed by atoms with Gasteiger partial charge in [0.1, 0.15) is 5.75 Å². The number of aliphatic carboxylic acids is 1. The number of hydrogen-bond acceptors (Lipinski definition) is 3. The fraction of sp³-hybridized carbons (Fsp3) is 0.529. The van der Waals surface area contributed by atoms with E-state index in [0.717, 1.165) is 30.6 Å². The fourth-order valence-electron chi connectivity index (χ4n) is 2.86. The highest BCUT2D eigenvalue weighted by molar-refractivity contribution is 5.78. The third kappa shape index (κ3) is 4.48. The Balaban J connectivity index is 1.91. The molecule has 5 heteroatoms. The first-order valence-electron chi connectivity index (χ1n) is 7.77. The molecule has 2 rings (SSSR count). The lowest BCUT2D eigenvalue weighted by Gasteiger charge is -2.35. The van der Waals surface area contributed by atoms with E-state index in [9.17, 15) is 9.59 Å². The number of amides is 1. The van der Waals surface area contributed by atoms with Crippen molar-refractivity contribution < 1.29 is 19.4 Å². The third-order valence-corrected chi connectivity index (χ3v) is 4.08. The standard InChI is InChI=1S/C17H23NO4/c1-13-6-2-3-8-15(13)22-12-16(19)18-11-5-4-7-14(18)9-10-17(20)21/h2-3,6,8,14H,4-5,7,9-12H2,1H3,(H,20,21)/t14-/m0/s1. The zero-order chi connectivity index (χ0) is 15.9. The summed E-state index contributed by atoms with van der Waals surface area (Å²) in [5.74, 6) is -0.151. The number of para-hydroxylation sites is 1. The van der Waals surface area contributed by atoms with Gasteiger partial charge in [0.25, 0.3) is 5.91 Å². The molecular formula is C17H23NO4. The Morgan fingerprint density at radius 1 is 1.32 bits per heavy atom. The van der Waals surface area contributed by atoms with Gasteiger partial charge in [-0.25, -0.2) is 0 Å². The van der Waals surface area contributed by atoms with Gasteiger partial charge in [-0.05, 0) is 44.2 Å². The van der Waals surface area contributed by atoms with E-state index in [0.29, 0.717) is 13.0 Å². The van der Waals surface area contributed by atoms with Crippen LogP contribution in [0.5, 0.6) is 5.75 Å². The molecule has 1 heterocycles. The molecule has 1 fully saturated rings. The van der Waals surface area contributed by atoms with Crippen LogP contribution in [0.2, 0.25) is 0 Å². The molecule has 0 bridgehead atoms. The van der Waals surface area contributed by atoms with Crippen LogP contribution in [-0.4, -0.2) is 41.1 Å². The molecular weight excluding hydrogens is 282 g/mol. The molecule has 22 heavy (non-hydrogen) atoms. The number of carboxylic acid groups (broad SMARTS) is 1. The number of ether oxygens (including phenoxy) is 1. The summed E-state index contributed by atoms with van der Waals surface area (Å²) >= 11 is 0. The van der Waals surface area contributed by atoms with Crippen molar-refractivity contribution in [1.29, 1.82) is 0 Å². The number of hydrogen-bond donors (Lipinski definition) is 1. The third-order valence-electron chi connectivity index (χ3n) is 4.08. The van der Waals surface area contributed by atoms with Crippen molar-refractivity contribution in [3.8, 4) is 5.75 Å². The molecule has 0 unspecified atom stereocenters. The first-order chi connectivity index (χ1) is 10.6. The van der Waals surface area contributed by atoms with Gasteiger partial charge in [-0.3, -0.25) is 9.59 Å². The van der Waals surface area contributed by atoms with Crippen molar-refractivity contribution in [3.63, 3.8) is 0 Å². The number of carbonyl (C=O) groups excluding carboxylic acids is 1. The summed E-state index contributed by atoms with van der Waals surface area (Å²) < 4.78 is 5.62. The molecule has 1 atom stereocenters. The highest BCUT2D eigenvalue weighted by Gasteiger charge is 2.27. The molecule has 0 aromatic heterocycles. The second-order valence-electron chi connectivity index (χ2n) is 5.72. The van der Waals surface area contributed by atoms with E-state index in [-0.39, 0.29) is 25.0 Å². The smallest absolute Gasteiger partial charge is 0.303 e. The maximum Gasteiger partial charge on any atom is 0.303 e. The second kappa shape index (κ2) is 7.82. The SMILES string of the molecule is Cc1ccccc1OCC(=O)N1CCCC[C@H]1CCC(=O)O. The minimum Gasteiger partial charge on any atom is -0.484 e. The highest BCUT2D eigenvalue weighted by atomic mass is 16.5. The topological polar surface area (TPSA) is 66.8 Å². The highest BCUT2D eigenvalue weighted by Crippen LogP contribution is 2.22. The van der Waals surface area contributed by atoms with Crippen molar-refractivity contribution in [3.05, 3.63) is 29.8 Å². The van der Waals surface area contributed by atoms with Crippen LogP contribution < -0.4 is 4.74 Å². The average Bonchev–Trinajstić information content (AvgIpc) is 2.52. The van der Waals surface area contributed by atoms with E-state index >= 15 is 0 Å². The molecule has 0 aliphatic carbocycles. The minimum absolute atomic E-state index is 0.00836. The van der Waals surface area contributed by atoms with Crippen LogP contribution in [0.15, 0.2) is 24.3 Å². The molecule has 1 N–H and O–H groups in total. The summed E-state index contributed by atoms with van der Waals surface area (Å²) in [4.78, 5) is 24.9. The van der Waals surface area contributed by atoms with Gasteiger partial charge in [0.2, 0.25) is 0 Å². The summed E-state index contributed by atoms with van der Waals surface area (Å²) in [6, 6.07) is 7.62. The lowest BCUT2D eigenvalue weighted by molar-refractivity contribution is -0.141. The summed E-state index contributed by atoms with van der Waals surface area (Å²) in [6.45, 7) is 2.64. The van der Waals surface area contributed by atoms with Crippen LogP contribution in [0.1, 0.15) is 37.7 Å². The monoisotopic (exact) mass is 305 g/mol. The number of carboxylic acids is 1. The van der Waals surface area contributed by atoms with E-state index in [2.05, 4.69) is 0 Å². The molecule has 120 valence electrons. The number of carbonyl (C=O) groups is 2. The molecule has 0 radical (unpaired) electrons. The van der Waals surface area contributed by atoms with Gasteiger partial charge in [0, 0.05) is 19.0 Å². The van der Waals surface area contributed by atoms with Crippen LogP contribution >= 0.6 is 0 Å². The van der Waals surface area contributed by atoms with Crippen LogP contribution in [-0.2, 0) is 9.59 Å². The maximum absolute atomic E-state index is 12.4. The number of aryl methyl sites for hydroxylation is 1. The Hall–Kier alpha value is -2.04. The van der Waals surface area contributed by atoms with Gasteiger partial charge in [-0.2, -0.15) is 0 Å². The van der Waals surface area contributed by atoms with E-state index in [1.54, 1.807) is 4.90 Å². The molecule has 1 amide bonds. The first-order valence-corrected chi connectivity index (χ1v) is 7.77. The maximum atomic E-state index is 12.4. The van der Waals surface area contributed by atoms with Crippen molar-refractivity contribution >= 4 is 11.9 Å². The lowest BCUT2D eigenvalue weighted by Crippen LogP contribution is -2.46. The van der Waals surface area contributed by atoms with E-state index in [1.807, 2.05) is 31.2 Å². The quantitative estimate of drug-likeness (QED) is 0.877. The Labute approximate surface area is 130 Å². The molecule has 0 saturated carbocycles. The molecule has 0 spiro atoms. The Bertz CT molecular complexity index is 529. The lowest BCUT2D eigenvalue weighted by atomic mass is 9.98. The molecule has 1 aliphatic rings. The van der Waals surface area contributed by atoms with Crippen molar-refractivity contribution in [1.82, 2.24) is 4.90 Å². The van der Waals surface area contributed by atoms with Gasteiger partial charge in [0.05, 0.1) is 0 Å². The number of piperidine rings is 1. The molecule has 5 nitrogen and oxygen atoms in total. The summed E-state index contributed by atoms with van der Waals surface area (Å²) in [5, 5.41) is 8.82. The van der Waals surface area contributed by atoms with Gasteiger partial charge in [-0.1, -0.05) is 18.2 Å². The van der Waals surface area contributed by atoms with Gasteiger partial charge in [-0.15, -0.1) is 0 Å². The predicted octanol–water partition coefficient (Wildman–Crippen LogP) is 2.62. The van der Waals surface area contributed by atoms with Crippen molar-refractivity contribution in [2.75, 3.05) is 13.2 Å². The van der Waals surface area contributed by atoms with E-state index in [1.165, 1.54) is 0 Å². The molecule has 1 aromatic rings. The number of benzene rings is 1. The van der Waals surface area contributed by atoms with E-state index in [4.69, 9.17) is 9.84 Å².